The van der Waals surface area contributed by atoms with Crippen LogP contribution in [0, 0.1) is 6.92 Å². The van der Waals surface area contributed by atoms with E-state index in [9.17, 15) is 9.59 Å². The van der Waals surface area contributed by atoms with Crippen molar-refractivity contribution < 1.29 is 19.1 Å². The predicted octanol–water partition coefficient (Wildman–Crippen LogP) is 5.44. The van der Waals surface area contributed by atoms with E-state index in [-0.39, 0.29) is 12.0 Å². The first kappa shape index (κ1) is 26.7. The molecule has 1 saturated heterocycles. The summed E-state index contributed by atoms with van der Waals surface area (Å²) in [6.07, 6.45) is 3.18. The van der Waals surface area contributed by atoms with E-state index >= 15 is 0 Å². The highest BCUT2D eigenvalue weighted by Crippen LogP contribution is 2.39. The molecule has 9 nitrogen and oxygen atoms in total. The van der Waals surface area contributed by atoms with Crippen LogP contribution < -0.4 is 10.1 Å². The number of amides is 2. The first-order valence-corrected chi connectivity index (χ1v) is 13.5. The Morgan fingerprint density at radius 2 is 1.81 bits per heavy atom. The number of aryl methyl sites for hydroxylation is 1. The van der Waals surface area contributed by atoms with Crippen LogP contribution >= 0.6 is 23.1 Å². The molecule has 1 fully saturated rings. The number of rotatable bonds is 6. The SMILES string of the molecule is COc1cc(C)c(Sc2cnc(Nc3ccccn3)s2)cc1C(=O)N1CCN(C(=O)OC(C)(C)C)CC1. The average Bonchev–Trinajstić information content (AvgIpc) is 3.31. The summed E-state index contributed by atoms with van der Waals surface area (Å²) in [4.78, 5) is 38.9. The van der Waals surface area contributed by atoms with Gasteiger partial charge in [-0.15, -0.1) is 0 Å². The summed E-state index contributed by atoms with van der Waals surface area (Å²) in [6, 6.07) is 9.43. The molecule has 0 bridgehead atoms. The number of methoxy groups -OCH3 is 1. The fourth-order valence-electron chi connectivity index (χ4n) is 3.72. The lowest BCUT2D eigenvalue weighted by atomic mass is 10.1. The van der Waals surface area contributed by atoms with Crippen LogP contribution in [0.1, 0.15) is 36.7 Å². The number of anilines is 2. The van der Waals surface area contributed by atoms with Crippen LogP contribution in [0.4, 0.5) is 15.7 Å². The summed E-state index contributed by atoms with van der Waals surface area (Å²) >= 11 is 3.07. The van der Waals surface area contributed by atoms with Gasteiger partial charge in [-0.2, -0.15) is 0 Å². The number of carbonyl (C=O) groups is 2. The minimum Gasteiger partial charge on any atom is -0.496 e. The summed E-state index contributed by atoms with van der Waals surface area (Å²) < 4.78 is 12.0. The Labute approximate surface area is 225 Å². The van der Waals surface area contributed by atoms with Crippen LogP contribution in [0.15, 0.2) is 51.8 Å². The quantitative estimate of drug-likeness (QED) is 0.441. The summed E-state index contributed by atoms with van der Waals surface area (Å²) in [7, 11) is 1.57. The highest BCUT2D eigenvalue weighted by molar-refractivity contribution is 8.01. The molecule has 196 valence electrons. The molecule has 11 heteroatoms. The maximum Gasteiger partial charge on any atom is 0.410 e. The second-order valence-corrected chi connectivity index (χ2v) is 11.9. The van der Waals surface area contributed by atoms with Crippen molar-refractivity contribution in [2.24, 2.45) is 0 Å². The van der Waals surface area contributed by atoms with Gasteiger partial charge in [-0.05, 0) is 57.5 Å². The number of piperazine rings is 1. The minimum atomic E-state index is -0.555. The molecule has 0 atom stereocenters. The van der Waals surface area contributed by atoms with Crippen molar-refractivity contribution in [3.8, 4) is 5.75 Å². The van der Waals surface area contributed by atoms with Crippen molar-refractivity contribution in [2.45, 2.75) is 42.4 Å². The molecule has 3 aromatic rings. The van der Waals surface area contributed by atoms with Gasteiger partial charge in [0.2, 0.25) is 0 Å². The third kappa shape index (κ3) is 6.92. The molecule has 1 aliphatic heterocycles. The highest BCUT2D eigenvalue weighted by Gasteiger charge is 2.29. The molecule has 4 rings (SSSR count). The Kier molecular flexibility index (Phi) is 8.23. The maximum absolute atomic E-state index is 13.5. The smallest absolute Gasteiger partial charge is 0.410 e. The van der Waals surface area contributed by atoms with Crippen molar-refractivity contribution >= 4 is 46.0 Å². The van der Waals surface area contributed by atoms with E-state index in [1.807, 2.05) is 64.2 Å². The third-order valence-corrected chi connectivity index (χ3v) is 7.71. The lowest BCUT2D eigenvalue weighted by Gasteiger charge is -2.35. The first-order chi connectivity index (χ1) is 17.6. The summed E-state index contributed by atoms with van der Waals surface area (Å²) in [6.45, 7) is 9.21. The largest absolute Gasteiger partial charge is 0.496 e. The van der Waals surface area contributed by atoms with Gasteiger partial charge >= 0.3 is 6.09 Å². The van der Waals surface area contributed by atoms with Gasteiger partial charge in [-0.3, -0.25) is 4.79 Å². The lowest BCUT2D eigenvalue weighted by Crippen LogP contribution is -2.51. The van der Waals surface area contributed by atoms with Crippen LogP contribution in [0.5, 0.6) is 5.75 Å². The Bertz CT molecular complexity index is 1250. The van der Waals surface area contributed by atoms with Crippen LogP contribution in [0.3, 0.4) is 0 Å². The summed E-state index contributed by atoms with van der Waals surface area (Å²) in [5.74, 6) is 1.14. The van der Waals surface area contributed by atoms with Crippen LogP contribution in [0.25, 0.3) is 0 Å². The van der Waals surface area contributed by atoms with E-state index in [2.05, 4.69) is 15.3 Å². The van der Waals surface area contributed by atoms with Gasteiger partial charge in [0, 0.05) is 37.3 Å². The van der Waals surface area contributed by atoms with Crippen molar-refractivity contribution in [1.82, 2.24) is 19.8 Å². The number of thiazole rings is 1. The zero-order chi connectivity index (χ0) is 26.6. The Morgan fingerprint density at radius 3 is 2.46 bits per heavy atom. The number of hydrogen-bond acceptors (Lipinski definition) is 9. The molecule has 0 saturated carbocycles. The molecule has 0 unspecified atom stereocenters. The molecule has 3 heterocycles. The van der Waals surface area contributed by atoms with Gasteiger partial charge < -0.3 is 24.6 Å². The molecule has 2 aromatic heterocycles. The number of nitrogens with one attached hydrogen (secondary N) is 1. The zero-order valence-electron chi connectivity index (χ0n) is 21.6. The van der Waals surface area contributed by atoms with E-state index in [0.29, 0.717) is 37.5 Å². The van der Waals surface area contributed by atoms with E-state index in [1.165, 1.54) is 11.3 Å². The monoisotopic (exact) mass is 541 g/mol. The number of nitrogens with zero attached hydrogens (tertiary/aromatic N) is 4. The fourth-order valence-corrected chi connectivity index (χ4v) is 5.66. The maximum atomic E-state index is 13.5. The summed E-state index contributed by atoms with van der Waals surface area (Å²) in [5.41, 5.74) is 0.944. The van der Waals surface area contributed by atoms with Gasteiger partial charge in [-0.1, -0.05) is 29.2 Å². The second-order valence-electron chi connectivity index (χ2n) is 9.50. The lowest BCUT2D eigenvalue weighted by molar-refractivity contribution is 0.0140. The van der Waals surface area contributed by atoms with Crippen molar-refractivity contribution in [3.63, 3.8) is 0 Å². The molecule has 1 N–H and O–H groups in total. The van der Waals surface area contributed by atoms with Crippen LogP contribution in [0.2, 0.25) is 0 Å². The van der Waals surface area contributed by atoms with Gasteiger partial charge in [0.15, 0.2) is 5.13 Å². The molecule has 37 heavy (non-hydrogen) atoms. The normalized spacial score (nSPS) is 13.9. The van der Waals surface area contributed by atoms with E-state index < -0.39 is 5.60 Å². The Balaban J connectivity index is 1.45. The van der Waals surface area contributed by atoms with Crippen LogP contribution in [-0.4, -0.2) is 70.7 Å². The molecule has 1 aliphatic rings. The molecular weight excluding hydrogens is 510 g/mol. The second kappa shape index (κ2) is 11.4. The fraction of sp³-hybridized carbons (Fsp3) is 0.385. The van der Waals surface area contributed by atoms with Crippen LogP contribution in [-0.2, 0) is 4.74 Å². The molecule has 1 aromatic carbocycles. The molecule has 2 amide bonds. The molecule has 0 aliphatic carbocycles. The number of benzene rings is 1. The van der Waals surface area contributed by atoms with E-state index in [4.69, 9.17) is 9.47 Å². The Morgan fingerprint density at radius 1 is 1.08 bits per heavy atom. The summed E-state index contributed by atoms with van der Waals surface area (Å²) in [5, 5.41) is 3.95. The predicted molar refractivity (Wildman–Crippen MR) is 145 cm³/mol. The van der Waals surface area contributed by atoms with Gasteiger partial charge in [0.1, 0.15) is 17.2 Å². The number of pyridine rings is 1. The van der Waals surface area contributed by atoms with Gasteiger partial charge in [-0.25, -0.2) is 14.8 Å². The molecule has 0 spiro atoms. The van der Waals surface area contributed by atoms with Crippen molar-refractivity contribution in [1.29, 1.82) is 0 Å². The van der Waals surface area contributed by atoms with Gasteiger partial charge in [0.05, 0.1) is 23.1 Å². The number of hydrogen-bond donors (Lipinski definition) is 1. The van der Waals surface area contributed by atoms with Crippen molar-refractivity contribution in [2.75, 3.05) is 38.6 Å². The van der Waals surface area contributed by atoms with Crippen molar-refractivity contribution in [3.05, 3.63) is 53.9 Å². The van der Waals surface area contributed by atoms with Gasteiger partial charge in [0.25, 0.3) is 5.91 Å². The zero-order valence-corrected chi connectivity index (χ0v) is 23.2. The highest BCUT2D eigenvalue weighted by atomic mass is 32.2. The Hall–Kier alpha value is -3.31. The standard InChI is InChI=1S/C26H31N5O4S2/c1-17-14-19(34-5)18(23(32)30-10-12-31(13-11-30)25(33)35-26(2,3)4)15-20(17)36-22-16-28-24(37-22)29-21-8-6-7-9-27-21/h6-9,14-16H,10-13H2,1-5H3,(H,27,28,29). The molecule has 0 radical (unpaired) electrons. The topological polar surface area (TPSA) is 96.9 Å². The number of aromatic nitrogens is 2. The third-order valence-electron chi connectivity index (χ3n) is 5.54. The number of ether oxygens (including phenoxy) is 2. The van der Waals surface area contributed by atoms with E-state index in [1.54, 1.807) is 34.9 Å². The first-order valence-electron chi connectivity index (χ1n) is 11.9. The average molecular weight is 542 g/mol. The molecular formula is C26H31N5O4S2. The number of carbonyl (C=O) groups excluding carboxylic acids is 2. The minimum absolute atomic E-state index is 0.121. The van der Waals surface area contributed by atoms with E-state index in [0.717, 1.165) is 25.6 Å².